The summed E-state index contributed by atoms with van der Waals surface area (Å²) in [5.41, 5.74) is 0.534. The lowest BCUT2D eigenvalue weighted by Crippen LogP contribution is -2.42. The lowest BCUT2D eigenvalue weighted by Gasteiger charge is -2.40. The van der Waals surface area contributed by atoms with Crippen LogP contribution in [0.25, 0.3) is 0 Å². The average Bonchev–Trinajstić information content (AvgIpc) is 2.30. The predicted octanol–water partition coefficient (Wildman–Crippen LogP) is 2.06. The van der Waals surface area contributed by atoms with Crippen LogP contribution in [0.4, 0.5) is 0 Å². The van der Waals surface area contributed by atoms with Crippen molar-refractivity contribution in [3.63, 3.8) is 0 Å². The molecule has 0 aromatic carbocycles. The molecule has 1 aliphatic rings. The number of carbonyl (C=O) groups is 1. The fourth-order valence-electron chi connectivity index (χ4n) is 2.39. The Morgan fingerprint density at radius 1 is 1.27 bits per heavy atom. The molecule has 0 aromatic heterocycles. The van der Waals surface area contributed by atoms with Crippen LogP contribution in [0, 0.1) is 5.41 Å². The summed E-state index contributed by atoms with van der Waals surface area (Å²) in [5.74, 6) is -0.115. The Bertz CT molecular complexity index is 202. The first-order valence-corrected chi connectivity index (χ1v) is 5.95. The van der Waals surface area contributed by atoms with Gasteiger partial charge in [-0.3, -0.25) is 9.69 Å². The Morgan fingerprint density at radius 2 is 1.80 bits per heavy atom. The topological polar surface area (TPSA) is 29.5 Å². The summed E-state index contributed by atoms with van der Waals surface area (Å²) in [4.78, 5) is 13.3. The summed E-state index contributed by atoms with van der Waals surface area (Å²) >= 11 is 0. The highest BCUT2D eigenvalue weighted by Gasteiger charge is 2.31. The zero-order valence-electron chi connectivity index (χ0n) is 10.2. The quantitative estimate of drug-likeness (QED) is 0.669. The molecular weight excluding hydrogens is 190 g/mol. The fourth-order valence-corrected chi connectivity index (χ4v) is 2.39. The highest BCUT2D eigenvalue weighted by Crippen LogP contribution is 2.37. The van der Waals surface area contributed by atoms with Gasteiger partial charge in [-0.1, -0.05) is 26.7 Å². The third-order valence-electron chi connectivity index (χ3n) is 4.00. The second kappa shape index (κ2) is 5.50. The van der Waals surface area contributed by atoms with Gasteiger partial charge in [-0.2, -0.15) is 0 Å². The van der Waals surface area contributed by atoms with Crippen molar-refractivity contribution in [3.8, 4) is 0 Å². The van der Waals surface area contributed by atoms with Gasteiger partial charge in [0.2, 0.25) is 0 Å². The standard InChI is InChI=1S/C12H23NO2/c1-4-12(5-2)6-8-13(9-7-12)10-11(14)15-3/h4-10H2,1-3H3. The Hall–Kier alpha value is -0.570. The van der Waals surface area contributed by atoms with Crippen molar-refractivity contribution < 1.29 is 9.53 Å². The molecule has 1 heterocycles. The second-order valence-corrected chi connectivity index (χ2v) is 4.56. The maximum Gasteiger partial charge on any atom is 0.319 e. The predicted molar refractivity (Wildman–Crippen MR) is 60.7 cm³/mol. The number of hydrogen-bond donors (Lipinski definition) is 0. The summed E-state index contributed by atoms with van der Waals surface area (Å²) in [6.45, 7) is 7.09. The molecule has 1 saturated heterocycles. The van der Waals surface area contributed by atoms with Crippen LogP contribution in [0.1, 0.15) is 39.5 Å². The van der Waals surface area contributed by atoms with E-state index in [2.05, 4.69) is 23.5 Å². The first-order valence-electron chi connectivity index (χ1n) is 5.95. The van der Waals surface area contributed by atoms with Crippen LogP contribution >= 0.6 is 0 Å². The first kappa shape index (κ1) is 12.5. The summed E-state index contributed by atoms with van der Waals surface area (Å²) in [6, 6.07) is 0. The highest BCUT2D eigenvalue weighted by atomic mass is 16.5. The third-order valence-corrected chi connectivity index (χ3v) is 4.00. The van der Waals surface area contributed by atoms with Gasteiger partial charge in [-0.05, 0) is 31.3 Å². The van der Waals surface area contributed by atoms with Crippen LogP contribution in [0.3, 0.4) is 0 Å². The van der Waals surface area contributed by atoms with E-state index in [1.54, 1.807) is 0 Å². The molecule has 0 aliphatic carbocycles. The zero-order chi connectivity index (χ0) is 11.3. The van der Waals surface area contributed by atoms with E-state index < -0.39 is 0 Å². The van der Waals surface area contributed by atoms with Crippen LogP contribution in [-0.4, -0.2) is 37.6 Å². The van der Waals surface area contributed by atoms with Crippen LogP contribution < -0.4 is 0 Å². The molecule has 0 N–H and O–H groups in total. The van der Waals surface area contributed by atoms with Gasteiger partial charge in [-0.25, -0.2) is 0 Å². The normalized spacial score (nSPS) is 21.3. The molecule has 0 bridgehead atoms. The molecule has 0 radical (unpaired) electrons. The third kappa shape index (κ3) is 3.20. The molecule has 0 spiro atoms. The Kier molecular flexibility index (Phi) is 4.58. The van der Waals surface area contributed by atoms with Gasteiger partial charge in [0.25, 0.3) is 0 Å². The SMILES string of the molecule is CCC1(CC)CCN(CC(=O)OC)CC1. The summed E-state index contributed by atoms with van der Waals surface area (Å²) in [5, 5.41) is 0. The second-order valence-electron chi connectivity index (χ2n) is 4.56. The largest absolute Gasteiger partial charge is 0.468 e. The molecular formula is C12H23NO2. The number of esters is 1. The molecule has 3 heteroatoms. The smallest absolute Gasteiger partial charge is 0.319 e. The molecule has 3 nitrogen and oxygen atoms in total. The van der Waals surface area contributed by atoms with Gasteiger partial charge in [0.1, 0.15) is 0 Å². The maximum absolute atomic E-state index is 11.1. The zero-order valence-corrected chi connectivity index (χ0v) is 10.2. The van der Waals surface area contributed by atoms with Gasteiger partial charge in [0.05, 0.1) is 13.7 Å². The minimum Gasteiger partial charge on any atom is -0.468 e. The van der Waals surface area contributed by atoms with Crippen LogP contribution in [0.2, 0.25) is 0 Å². The molecule has 15 heavy (non-hydrogen) atoms. The monoisotopic (exact) mass is 213 g/mol. The molecule has 1 fully saturated rings. The van der Waals surface area contributed by atoms with Gasteiger partial charge < -0.3 is 4.74 Å². The number of rotatable bonds is 4. The van der Waals surface area contributed by atoms with Gasteiger partial charge >= 0.3 is 5.97 Å². The van der Waals surface area contributed by atoms with E-state index in [0.29, 0.717) is 12.0 Å². The highest BCUT2D eigenvalue weighted by molar-refractivity contribution is 5.71. The van der Waals surface area contributed by atoms with E-state index in [0.717, 1.165) is 13.1 Å². The molecule has 0 saturated carbocycles. The molecule has 0 unspecified atom stereocenters. The molecule has 0 atom stereocenters. The van der Waals surface area contributed by atoms with E-state index in [9.17, 15) is 4.79 Å². The number of nitrogens with zero attached hydrogens (tertiary/aromatic N) is 1. The van der Waals surface area contributed by atoms with Gasteiger partial charge in [-0.15, -0.1) is 0 Å². The molecule has 1 aliphatic heterocycles. The van der Waals surface area contributed by atoms with E-state index >= 15 is 0 Å². The van der Waals surface area contributed by atoms with Crippen LogP contribution in [0.5, 0.6) is 0 Å². The molecule has 88 valence electrons. The van der Waals surface area contributed by atoms with Crippen molar-refractivity contribution in [2.45, 2.75) is 39.5 Å². The molecule has 0 amide bonds. The van der Waals surface area contributed by atoms with E-state index in [4.69, 9.17) is 0 Å². The average molecular weight is 213 g/mol. The number of carbonyl (C=O) groups excluding carboxylic acids is 1. The van der Waals surface area contributed by atoms with Crippen molar-refractivity contribution in [1.82, 2.24) is 4.90 Å². The Balaban J connectivity index is 2.38. The van der Waals surface area contributed by atoms with Gasteiger partial charge in [0, 0.05) is 0 Å². The summed E-state index contributed by atoms with van der Waals surface area (Å²) in [6.07, 6.45) is 4.96. The minimum atomic E-state index is -0.115. The number of ether oxygens (including phenoxy) is 1. The lowest BCUT2D eigenvalue weighted by atomic mass is 9.74. The number of likely N-dealkylation sites (tertiary alicyclic amines) is 1. The van der Waals surface area contributed by atoms with Crippen LogP contribution in [0.15, 0.2) is 0 Å². The Morgan fingerprint density at radius 3 is 2.20 bits per heavy atom. The van der Waals surface area contributed by atoms with Crippen LogP contribution in [-0.2, 0) is 9.53 Å². The van der Waals surface area contributed by atoms with Crippen molar-refractivity contribution in [2.24, 2.45) is 5.41 Å². The lowest BCUT2D eigenvalue weighted by molar-refractivity contribution is -0.142. The van der Waals surface area contributed by atoms with Crippen molar-refractivity contribution >= 4 is 5.97 Å². The molecule has 1 rings (SSSR count). The van der Waals surface area contributed by atoms with E-state index in [-0.39, 0.29) is 5.97 Å². The maximum atomic E-state index is 11.1. The van der Waals surface area contributed by atoms with E-state index in [1.807, 2.05) is 0 Å². The number of hydrogen-bond acceptors (Lipinski definition) is 3. The number of piperidine rings is 1. The summed E-state index contributed by atoms with van der Waals surface area (Å²) in [7, 11) is 1.45. The van der Waals surface area contributed by atoms with Gasteiger partial charge in [0.15, 0.2) is 0 Å². The van der Waals surface area contributed by atoms with Crippen molar-refractivity contribution in [1.29, 1.82) is 0 Å². The number of methoxy groups -OCH3 is 1. The van der Waals surface area contributed by atoms with E-state index in [1.165, 1.54) is 32.8 Å². The minimum absolute atomic E-state index is 0.115. The fraction of sp³-hybridized carbons (Fsp3) is 0.917. The first-order chi connectivity index (χ1) is 7.15. The summed E-state index contributed by atoms with van der Waals surface area (Å²) < 4.78 is 4.68. The Labute approximate surface area is 92.8 Å². The molecule has 0 aromatic rings. The van der Waals surface area contributed by atoms with Crippen molar-refractivity contribution in [2.75, 3.05) is 26.7 Å². The van der Waals surface area contributed by atoms with Crippen molar-refractivity contribution in [3.05, 3.63) is 0 Å².